The maximum atomic E-state index is 6.07. The van der Waals surface area contributed by atoms with Crippen LogP contribution in [0.15, 0.2) is 18.2 Å². The molecule has 0 amide bonds. The monoisotopic (exact) mass is 285 g/mol. The minimum Gasteiger partial charge on any atom is -0.496 e. The van der Waals surface area contributed by atoms with Gasteiger partial charge in [0, 0.05) is 17.7 Å². The largest absolute Gasteiger partial charge is 0.496 e. The van der Waals surface area contributed by atoms with Crippen LogP contribution < -0.4 is 10.1 Å². The molecule has 0 radical (unpaired) electrons. The molecule has 108 valence electrons. The molecule has 0 spiro atoms. The lowest BCUT2D eigenvalue weighted by molar-refractivity contribution is 0.0338. The first-order valence-corrected chi connectivity index (χ1v) is 7.15. The third-order valence-corrected chi connectivity index (χ3v) is 3.52. The summed E-state index contributed by atoms with van der Waals surface area (Å²) >= 11 is 6.07. The van der Waals surface area contributed by atoms with Gasteiger partial charge in [0.1, 0.15) is 5.75 Å². The summed E-state index contributed by atoms with van der Waals surface area (Å²) in [6, 6.07) is 5.96. The van der Waals surface area contributed by atoms with E-state index in [2.05, 4.69) is 12.2 Å². The minimum atomic E-state index is 0.193. The summed E-state index contributed by atoms with van der Waals surface area (Å²) in [4.78, 5) is 0. The molecule has 2 unspecified atom stereocenters. The summed E-state index contributed by atoms with van der Waals surface area (Å²) < 4.78 is 11.2. The maximum Gasteiger partial charge on any atom is 0.122 e. The Labute approximate surface area is 121 Å². The normalized spacial score (nSPS) is 14.2. The molecule has 0 aliphatic rings. The second-order valence-corrected chi connectivity index (χ2v) is 4.89. The number of hydrogen-bond donors (Lipinski definition) is 1. The van der Waals surface area contributed by atoms with Crippen molar-refractivity contribution < 1.29 is 9.47 Å². The Morgan fingerprint density at radius 3 is 2.58 bits per heavy atom. The van der Waals surface area contributed by atoms with E-state index in [4.69, 9.17) is 21.1 Å². The first kappa shape index (κ1) is 16.3. The molecule has 0 bridgehead atoms. The van der Waals surface area contributed by atoms with Crippen molar-refractivity contribution in [3.63, 3.8) is 0 Å². The van der Waals surface area contributed by atoms with Crippen LogP contribution in [0, 0.1) is 0 Å². The Morgan fingerprint density at radius 2 is 2.05 bits per heavy atom. The SMILES string of the molecule is CCOC(CC)C(Cc1cc(Cl)ccc1OC)NC. The van der Waals surface area contributed by atoms with Crippen molar-refractivity contribution in [2.24, 2.45) is 0 Å². The fourth-order valence-corrected chi connectivity index (χ4v) is 2.49. The van der Waals surface area contributed by atoms with E-state index in [-0.39, 0.29) is 12.1 Å². The molecule has 2 atom stereocenters. The average molecular weight is 286 g/mol. The van der Waals surface area contributed by atoms with Gasteiger partial charge in [-0.05, 0) is 50.6 Å². The van der Waals surface area contributed by atoms with Crippen molar-refractivity contribution in [1.82, 2.24) is 5.32 Å². The maximum absolute atomic E-state index is 6.07. The van der Waals surface area contributed by atoms with Crippen LogP contribution in [0.5, 0.6) is 5.75 Å². The van der Waals surface area contributed by atoms with Gasteiger partial charge >= 0.3 is 0 Å². The number of hydrogen-bond acceptors (Lipinski definition) is 3. The summed E-state index contributed by atoms with van der Waals surface area (Å²) in [6.45, 7) is 4.89. The molecule has 0 saturated carbocycles. The molecule has 0 aliphatic carbocycles. The zero-order chi connectivity index (χ0) is 14.3. The first-order chi connectivity index (χ1) is 9.15. The van der Waals surface area contributed by atoms with E-state index < -0.39 is 0 Å². The third kappa shape index (κ3) is 4.68. The van der Waals surface area contributed by atoms with Gasteiger partial charge in [-0.15, -0.1) is 0 Å². The van der Waals surface area contributed by atoms with Crippen LogP contribution in [0.3, 0.4) is 0 Å². The molecule has 3 nitrogen and oxygen atoms in total. The fraction of sp³-hybridized carbons (Fsp3) is 0.600. The van der Waals surface area contributed by atoms with Gasteiger partial charge in [0.05, 0.1) is 13.2 Å². The molecule has 0 aliphatic heterocycles. The highest BCUT2D eigenvalue weighted by Crippen LogP contribution is 2.25. The summed E-state index contributed by atoms with van der Waals surface area (Å²) in [5.41, 5.74) is 1.10. The number of rotatable bonds is 8. The van der Waals surface area contributed by atoms with Gasteiger partial charge in [-0.3, -0.25) is 0 Å². The number of benzene rings is 1. The standard InChI is InChI=1S/C15H24ClNO2/c1-5-14(19-6-2)13(17-3)10-11-9-12(16)7-8-15(11)18-4/h7-9,13-14,17H,5-6,10H2,1-4H3. The van der Waals surface area contributed by atoms with Crippen molar-refractivity contribution in [3.8, 4) is 5.75 Å². The number of halogens is 1. The molecule has 4 heteroatoms. The van der Waals surface area contributed by atoms with Gasteiger partial charge in [-0.25, -0.2) is 0 Å². The third-order valence-electron chi connectivity index (χ3n) is 3.28. The van der Waals surface area contributed by atoms with Crippen LogP contribution in [0.25, 0.3) is 0 Å². The molecule has 1 aromatic carbocycles. The predicted molar refractivity (Wildman–Crippen MR) is 80.3 cm³/mol. The summed E-state index contributed by atoms with van der Waals surface area (Å²) in [7, 11) is 3.64. The Morgan fingerprint density at radius 1 is 1.32 bits per heavy atom. The van der Waals surface area contributed by atoms with Crippen molar-refractivity contribution in [3.05, 3.63) is 28.8 Å². The lowest BCUT2D eigenvalue weighted by Crippen LogP contribution is -2.40. The molecular formula is C15H24ClNO2. The zero-order valence-electron chi connectivity index (χ0n) is 12.2. The van der Waals surface area contributed by atoms with Crippen LogP contribution in [-0.4, -0.2) is 32.9 Å². The van der Waals surface area contributed by atoms with Gasteiger partial charge in [0.25, 0.3) is 0 Å². The van der Waals surface area contributed by atoms with Crippen LogP contribution in [0.2, 0.25) is 5.02 Å². The van der Waals surface area contributed by atoms with Crippen molar-refractivity contribution >= 4 is 11.6 Å². The van der Waals surface area contributed by atoms with Crippen LogP contribution in [0.1, 0.15) is 25.8 Å². The molecule has 0 fully saturated rings. The fourth-order valence-electron chi connectivity index (χ4n) is 2.30. The average Bonchev–Trinajstić information content (AvgIpc) is 2.42. The highest BCUT2D eigenvalue weighted by molar-refractivity contribution is 6.30. The lowest BCUT2D eigenvalue weighted by Gasteiger charge is -2.26. The second kappa shape index (κ2) is 8.41. The Bertz CT molecular complexity index is 384. The van der Waals surface area contributed by atoms with E-state index in [1.807, 2.05) is 32.2 Å². The smallest absolute Gasteiger partial charge is 0.122 e. The van der Waals surface area contributed by atoms with Crippen molar-refractivity contribution in [1.29, 1.82) is 0 Å². The number of nitrogens with one attached hydrogen (secondary N) is 1. The van der Waals surface area contributed by atoms with Crippen LogP contribution in [0.4, 0.5) is 0 Å². The van der Waals surface area contributed by atoms with E-state index in [1.165, 1.54) is 0 Å². The van der Waals surface area contributed by atoms with Gasteiger partial charge in [0.15, 0.2) is 0 Å². The Hall–Kier alpha value is -0.770. The Balaban J connectivity index is 2.87. The van der Waals surface area contributed by atoms with E-state index in [0.717, 1.165) is 35.8 Å². The lowest BCUT2D eigenvalue weighted by atomic mass is 9.99. The van der Waals surface area contributed by atoms with Crippen LogP contribution in [-0.2, 0) is 11.2 Å². The highest BCUT2D eigenvalue weighted by Gasteiger charge is 2.20. The van der Waals surface area contributed by atoms with Gasteiger partial charge in [0.2, 0.25) is 0 Å². The van der Waals surface area contributed by atoms with Crippen molar-refractivity contribution in [2.75, 3.05) is 20.8 Å². The molecule has 19 heavy (non-hydrogen) atoms. The van der Waals surface area contributed by atoms with E-state index in [9.17, 15) is 0 Å². The summed E-state index contributed by atoms with van der Waals surface area (Å²) in [6.07, 6.45) is 2.00. The molecular weight excluding hydrogens is 262 g/mol. The van der Waals surface area contributed by atoms with Gasteiger partial charge in [-0.1, -0.05) is 18.5 Å². The molecule has 1 aromatic rings. The minimum absolute atomic E-state index is 0.193. The Kier molecular flexibility index (Phi) is 7.21. The molecule has 0 heterocycles. The molecule has 0 aromatic heterocycles. The zero-order valence-corrected chi connectivity index (χ0v) is 13.0. The van der Waals surface area contributed by atoms with Gasteiger partial charge < -0.3 is 14.8 Å². The molecule has 0 saturated heterocycles. The second-order valence-electron chi connectivity index (χ2n) is 4.46. The van der Waals surface area contributed by atoms with E-state index in [1.54, 1.807) is 7.11 Å². The quantitative estimate of drug-likeness (QED) is 0.795. The van der Waals surface area contributed by atoms with Gasteiger partial charge in [-0.2, -0.15) is 0 Å². The number of ether oxygens (including phenoxy) is 2. The first-order valence-electron chi connectivity index (χ1n) is 6.77. The highest BCUT2D eigenvalue weighted by atomic mass is 35.5. The summed E-state index contributed by atoms with van der Waals surface area (Å²) in [5, 5.41) is 4.07. The van der Waals surface area contributed by atoms with Crippen LogP contribution >= 0.6 is 11.6 Å². The number of methoxy groups -OCH3 is 1. The predicted octanol–water partition coefficient (Wildman–Crippen LogP) is 3.29. The molecule has 1 rings (SSSR count). The topological polar surface area (TPSA) is 30.5 Å². The van der Waals surface area contributed by atoms with Crippen molar-refractivity contribution in [2.45, 2.75) is 38.8 Å². The number of likely N-dealkylation sites (N-methyl/N-ethyl adjacent to an activating group) is 1. The van der Waals surface area contributed by atoms with E-state index >= 15 is 0 Å². The van der Waals surface area contributed by atoms with E-state index in [0.29, 0.717) is 0 Å². The molecule has 1 N–H and O–H groups in total. The summed E-state index contributed by atoms with van der Waals surface area (Å²) in [5.74, 6) is 0.871.